The van der Waals surface area contributed by atoms with Crippen molar-refractivity contribution < 1.29 is 13.2 Å². The van der Waals surface area contributed by atoms with Crippen molar-refractivity contribution in [3.8, 4) is 11.1 Å². The molecule has 5 rings (SSSR count). The van der Waals surface area contributed by atoms with Crippen LogP contribution in [0.2, 0.25) is 0 Å². The average Bonchev–Trinajstić information content (AvgIpc) is 3.52. The number of carbonyl (C=O) groups excluding carboxylic acids is 1. The van der Waals surface area contributed by atoms with Crippen LogP contribution in [0.25, 0.3) is 11.1 Å². The molecule has 1 N–H and O–H groups in total. The number of benzene rings is 3. The highest BCUT2D eigenvalue weighted by Crippen LogP contribution is 2.38. The lowest BCUT2D eigenvalue weighted by Crippen LogP contribution is -2.31. The molecule has 0 saturated carbocycles. The first kappa shape index (κ1) is 23.6. The molecular formula is C28H31N3O3S. The second-order valence-electron chi connectivity index (χ2n) is 9.12. The van der Waals surface area contributed by atoms with Crippen LogP contribution in [-0.4, -0.2) is 44.8 Å². The number of amides is 1. The minimum atomic E-state index is -3.68. The summed E-state index contributed by atoms with van der Waals surface area (Å²) in [6.07, 6.45) is 3.01. The molecule has 3 aromatic rings. The molecule has 0 unspecified atom stereocenters. The van der Waals surface area contributed by atoms with Crippen LogP contribution >= 0.6 is 0 Å². The maximum absolute atomic E-state index is 13.6. The van der Waals surface area contributed by atoms with Gasteiger partial charge in [-0.3, -0.25) is 4.79 Å². The maximum atomic E-state index is 13.6. The molecule has 0 aromatic heterocycles. The van der Waals surface area contributed by atoms with Crippen LogP contribution in [0.15, 0.2) is 65.6 Å². The number of nitrogens with one attached hydrogen (secondary N) is 1. The Balaban J connectivity index is 1.50. The number of anilines is 2. The van der Waals surface area contributed by atoms with Gasteiger partial charge in [0.15, 0.2) is 0 Å². The molecule has 2 aliphatic rings. The molecule has 7 heteroatoms. The zero-order valence-corrected chi connectivity index (χ0v) is 21.1. The highest BCUT2D eigenvalue weighted by Gasteiger charge is 2.27. The molecule has 3 aromatic carbocycles. The van der Waals surface area contributed by atoms with Gasteiger partial charge in [0.05, 0.1) is 10.5 Å². The number of hydrogen-bond donors (Lipinski definition) is 1. The minimum absolute atomic E-state index is 0.150. The van der Waals surface area contributed by atoms with Crippen molar-refractivity contribution in [3.63, 3.8) is 0 Å². The molecule has 0 spiro atoms. The summed E-state index contributed by atoms with van der Waals surface area (Å²) >= 11 is 0. The van der Waals surface area contributed by atoms with Gasteiger partial charge in [-0.25, -0.2) is 8.42 Å². The summed E-state index contributed by atoms with van der Waals surface area (Å²) in [5.74, 6) is -0.297. The molecule has 1 heterocycles. The van der Waals surface area contributed by atoms with E-state index in [-0.39, 0.29) is 10.8 Å². The summed E-state index contributed by atoms with van der Waals surface area (Å²) < 4.78 is 27.8. The zero-order chi connectivity index (χ0) is 24.6. The zero-order valence-electron chi connectivity index (χ0n) is 20.3. The number of fused-ring (bicyclic) bond motifs is 3. The molecule has 0 bridgehead atoms. The van der Waals surface area contributed by atoms with Crippen LogP contribution in [0, 0.1) is 0 Å². The van der Waals surface area contributed by atoms with Crippen molar-refractivity contribution in [2.24, 2.45) is 0 Å². The topological polar surface area (TPSA) is 69.7 Å². The quantitative estimate of drug-likeness (QED) is 0.390. The number of carbonyl (C=O) groups is 1. The van der Waals surface area contributed by atoms with Gasteiger partial charge in [0.2, 0.25) is 10.0 Å². The Morgan fingerprint density at radius 2 is 1.63 bits per heavy atom. The predicted molar refractivity (Wildman–Crippen MR) is 141 cm³/mol. The van der Waals surface area contributed by atoms with Crippen LogP contribution in [-0.2, 0) is 16.4 Å². The Bertz CT molecular complexity index is 1370. The Hall–Kier alpha value is -3.16. The summed E-state index contributed by atoms with van der Waals surface area (Å²) in [6.45, 7) is 6.12. The second-order valence-corrected chi connectivity index (χ2v) is 11.1. The third-order valence-electron chi connectivity index (χ3n) is 7.06. The fraction of sp³-hybridized carbons (Fsp3) is 0.321. The Morgan fingerprint density at radius 1 is 0.914 bits per heavy atom. The van der Waals surface area contributed by atoms with Gasteiger partial charge >= 0.3 is 0 Å². The van der Waals surface area contributed by atoms with Crippen molar-refractivity contribution in [2.75, 3.05) is 36.4 Å². The number of rotatable bonds is 7. The molecule has 1 amide bonds. The van der Waals surface area contributed by atoms with Crippen molar-refractivity contribution in [2.45, 2.75) is 38.0 Å². The Labute approximate surface area is 207 Å². The monoisotopic (exact) mass is 489 g/mol. The predicted octanol–water partition coefficient (Wildman–Crippen LogP) is 5.14. The van der Waals surface area contributed by atoms with E-state index in [4.69, 9.17) is 0 Å². The minimum Gasteiger partial charge on any atom is -0.371 e. The van der Waals surface area contributed by atoms with E-state index >= 15 is 0 Å². The van der Waals surface area contributed by atoms with E-state index in [2.05, 4.69) is 28.4 Å². The van der Waals surface area contributed by atoms with Crippen LogP contribution in [0.1, 0.15) is 48.2 Å². The van der Waals surface area contributed by atoms with E-state index in [0.29, 0.717) is 24.3 Å². The van der Waals surface area contributed by atoms with Gasteiger partial charge in [0, 0.05) is 37.6 Å². The van der Waals surface area contributed by atoms with E-state index in [0.717, 1.165) is 43.6 Å². The molecule has 1 aliphatic heterocycles. The molecule has 182 valence electrons. The van der Waals surface area contributed by atoms with Gasteiger partial charge < -0.3 is 10.2 Å². The van der Waals surface area contributed by atoms with Gasteiger partial charge in [-0.05, 0) is 71.8 Å². The van der Waals surface area contributed by atoms with Gasteiger partial charge in [-0.15, -0.1) is 0 Å². The number of nitrogens with zero attached hydrogens (tertiary/aromatic N) is 2. The number of hydrogen-bond acceptors (Lipinski definition) is 4. The summed E-state index contributed by atoms with van der Waals surface area (Å²) in [4.78, 5) is 15.9. The largest absolute Gasteiger partial charge is 0.371 e. The summed E-state index contributed by atoms with van der Waals surface area (Å²) in [5, 5.41) is 3.04. The van der Waals surface area contributed by atoms with Crippen LogP contribution in [0.4, 0.5) is 11.4 Å². The van der Waals surface area contributed by atoms with Crippen LogP contribution < -0.4 is 10.2 Å². The molecule has 1 aliphatic carbocycles. The third-order valence-corrected chi connectivity index (χ3v) is 9.10. The molecular weight excluding hydrogens is 458 g/mol. The van der Waals surface area contributed by atoms with Gasteiger partial charge in [-0.1, -0.05) is 44.2 Å². The molecule has 1 saturated heterocycles. The normalized spacial score (nSPS) is 14.8. The van der Waals surface area contributed by atoms with E-state index in [1.807, 2.05) is 38.1 Å². The van der Waals surface area contributed by atoms with Gasteiger partial charge in [-0.2, -0.15) is 4.31 Å². The van der Waals surface area contributed by atoms with E-state index < -0.39 is 10.0 Å². The molecule has 0 atom stereocenters. The second kappa shape index (κ2) is 9.47. The van der Waals surface area contributed by atoms with Crippen molar-refractivity contribution >= 4 is 27.3 Å². The lowest BCUT2D eigenvalue weighted by molar-refractivity contribution is 0.102. The fourth-order valence-electron chi connectivity index (χ4n) is 5.20. The van der Waals surface area contributed by atoms with Gasteiger partial charge in [0.1, 0.15) is 0 Å². The maximum Gasteiger partial charge on any atom is 0.257 e. The van der Waals surface area contributed by atoms with Gasteiger partial charge in [0.25, 0.3) is 5.91 Å². The molecule has 35 heavy (non-hydrogen) atoms. The summed E-state index contributed by atoms with van der Waals surface area (Å²) in [6, 6.07) is 19.3. The molecule has 1 fully saturated rings. The summed E-state index contributed by atoms with van der Waals surface area (Å²) in [7, 11) is -3.68. The first-order valence-electron chi connectivity index (χ1n) is 12.3. The van der Waals surface area contributed by atoms with Crippen LogP contribution in [0.5, 0.6) is 0 Å². The molecule has 0 radical (unpaired) electrons. The van der Waals surface area contributed by atoms with Crippen molar-refractivity contribution in [1.82, 2.24) is 4.31 Å². The standard InChI is InChI=1S/C28H31N3O3S/c1-3-31(4-2)35(33,34)23-13-14-27(30-15-7-8-16-30)26(19-23)28(32)29-22-12-11-21-17-20-9-5-6-10-24(20)25(21)18-22/h5-6,9-14,18-19H,3-4,7-8,15-17H2,1-2H3,(H,29,32). The van der Waals surface area contributed by atoms with E-state index in [1.165, 1.54) is 21.0 Å². The van der Waals surface area contributed by atoms with E-state index in [1.54, 1.807) is 18.2 Å². The number of sulfonamides is 1. The lowest BCUT2D eigenvalue weighted by Gasteiger charge is -2.23. The first-order chi connectivity index (χ1) is 16.9. The highest BCUT2D eigenvalue weighted by molar-refractivity contribution is 7.89. The molecule has 6 nitrogen and oxygen atoms in total. The smallest absolute Gasteiger partial charge is 0.257 e. The van der Waals surface area contributed by atoms with Crippen molar-refractivity contribution in [1.29, 1.82) is 0 Å². The first-order valence-corrected chi connectivity index (χ1v) is 13.8. The Kier molecular flexibility index (Phi) is 6.38. The average molecular weight is 490 g/mol. The fourth-order valence-corrected chi connectivity index (χ4v) is 6.69. The summed E-state index contributed by atoms with van der Waals surface area (Å²) in [5.41, 5.74) is 6.74. The SMILES string of the molecule is CCN(CC)S(=O)(=O)c1ccc(N2CCCC2)c(C(=O)Nc2ccc3c(c2)-c2ccccc2C3)c1. The highest BCUT2D eigenvalue weighted by atomic mass is 32.2. The van der Waals surface area contributed by atoms with Crippen LogP contribution in [0.3, 0.4) is 0 Å². The third kappa shape index (κ3) is 4.34. The van der Waals surface area contributed by atoms with Crippen molar-refractivity contribution in [3.05, 3.63) is 77.4 Å². The Morgan fingerprint density at radius 3 is 2.37 bits per heavy atom. The van der Waals surface area contributed by atoms with E-state index in [9.17, 15) is 13.2 Å². The lowest BCUT2D eigenvalue weighted by atomic mass is 10.0.